The van der Waals surface area contributed by atoms with Gasteiger partial charge in [0.1, 0.15) is 35.3 Å². The van der Waals surface area contributed by atoms with E-state index >= 15 is 0 Å². The number of hydrogen-bond donors (Lipinski definition) is 1. The molecule has 1 aliphatic heterocycles. The molecule has 5 aromatic rings. The summed E-state index contributed by atoms with van der Waals surface area (Å²) in [4.78, 5) is 23.0. The Labute approximate surface area is 237 Å². The second-order valence-electron chi connectivity index (χ2n) is 12.2. The Morgan fingerprint density at radius 3 is 2.54 bits per heavy atom. The first-order valence-electron chi connectivity index (χ1n) is 13.8. The van der Waals surface area contributed by atoms with Crippen molar-refractivity contribution in [2.75, 3.05) is 18.4 Å². The van der Waals surface area contributed by atoms with Gasteiger partial charge in [0.15, 0.2) is 11.5 Å². The summed E-state index contributed by atoms with van der Waals surface area (Å²) >= 11 is 0. The minimum absolute atomic E-state index is 0.185. The normalized spacial score (nSPS) is 16.5. The molecule has 2 fully saturated rings. The number of aryl methyl sites for hydroxylation is 1. The molecule has 11 nitrogen and oxygen atoms in total. The van der Waals surface area contributed by atoms with Crippen molar-refractivity contribution in [3.8, 4) is 11.5 Å². The van der Waals surface area contributed by atoms with Crippen LogP contribution in [0.4, 0.5) is 16.3 Å². The molecule has 1 spiro atoms. The molecular formula is C30H32N8O3. The molecule has 0 unspecified atom stereocenters. The molecule has 0 atom stereocenters. The van der Waals surface area contributed by atoms with Crippen LogP contribution in [0.2, 0.25) is 0 Å². The Hall–Kier alpha value is -4.67. The number of aromatic nitrogens is 6. The van der Waals surface area contributed by atoms with E-state index in [2.05, 4.69) is 31.5 Å². The van der Waals surface area contributed by atoms with Crippen LogP contribution >= 0.6 is 0 Å². The molecule has 210 valence electrons. The van der Waals surface area contributed by atoms with Gasteiger partial charge in [0.2, 0.25) is 0 Å². The van der Waals surface area contributed by atoms with Crippen LogP contribution in [-0.4, -0.2) is 58.9 Å². The lowest BCUT2D eigenvalue weighted by Gasteiger charge is -2.58. The van der Waals surface area contributed by atoms with E-state index in [1.54, 1.807) is 10.8 Å². The number of fused-ring (bicyclic) bond motifs is 2. The first kappa shape index (κ1) is 25.3. The highest BCUT2D eigenvalue weighted by atomic mass is 16.6. The molecule has 0 radical (unpaired) electrons. The number of anilines is 2. The van der Waals surface area contributed by atoms with E-state index < -0.39 is 5.60 Å². The van der Waals surface area contributed by atoms with Crippen LogP contribution in [0.25, 0.3) is 11.2 Å². The monoisotopic (exact) mass is 552 g/mol. The fourth-order valence-electron chi connectivity index (χ4n) is 6.05. The molecule has 41 heavy (non-hydrogen) atoms. The van der Waals surface area contributed by atoms with E-state index in [1.807, 2.05) is 79.8 Å². The Bertz CT molecular complexity index is 1770. The van der Waals surface area contributed by atoms with E-state index in [0.29, 0.717) is 11.7 Å². The number of amides is 1. The smallest absolute Gasteiger partial charge is 0.410 e. The van der Waals surface area contributed by atoms with Crippen molar-refractivity contribution in [2.45, 2.75) is 52.1 Å². The van der Waals surface area contributed by atoms with Crippen LogP contribution in [0.15, 0.2) is 61.4 Å². The SMILES string of the molecule is Cc1cc(Nc2ncnn3ccc(C4CC5(C4)CN(C(=O)OC(C)(C)C)C5)c23)ccc1Oc1ccn2ncnc2c1. The molecule has 1 N–H and O–H groups in total. The second kappa shape index (κ2) is 9.18. The highest BCUT2D eigenvalue weighted by Crippen LogP contribution is 2.57. The average Bonchev–Trinajstić information content (AvgIpc) is 3.50. The van der Waals surface area contributed by atoms with Gasteiger partial charge in [-0.15, -0.1) is 0 Å². The molecule has 5 heterocycles. The van der Waals surface area contributed by atoms with Gasteiger partial charge >= 0.3 is 6.09 Å². The van der Waals surface area contributed by atoms with Crippen LogP contribution in [0.3, 0.4) is 0 Å². The zero-order valence-corrected chi connectivity index (χ0v) is 23.5. The summed E-state index contributed by atoms with van der Waals surface area (Å²) in [5, 5.41) is 12.1. The van der Waals surface area contributed by atoms with Gasteiger partial charge < -0.3 is 19.7 Å². The van der Waals surface area contributed by atoms with Crippen LogP contribution in [0.5, 0.6) is 11.5 Å². The van der Waals surface area contributed by atoms with Crippen molar-refractivity contribution < 1.29 is 14.3 Å². The molecule has 2 aliphatic rings. The van der Waals surface area contributed by atoms with Gasteiger partial charge in [-0.2, -0.15) is 10.2 Å². The number of benzene rings is 1. The minimum Gasteiger partial charge on any atom is -0.457 e. The molecule has 7 rings (SSSR count). The van der Waals surface area contributed by atoms with Crippen molar-refractivity contribution in [3.63, 3.8) is 0 Å². The lowest BCUT2D eigenvalue weighted by atomic mass is 9.56. The summed E-state index contributed by atoms with van der Waals surface area (Å²) in [6.45, 7) is 9.23. The Balaban J connectivity index is 1.05. The number of carbonyl (C=O) groups excluding carboxylic acids is 1. The average molecular weight is 553 g/mol. The molecular weight excluding hydrogens is 520 g/mol. The van der Waals surface area contributed by atoms with Gasteiger partial charge in [0.25, 0.3) is 0 Å². The molecule has 1 aliphatic carbocycles. The van der Waals surface area contributed by atoms with Crippen LogP contribution in [0, 0.1) is 12.3 Å². The molecule has 1 saturated carbocycles. The Morgan fingerprint density at radius 1 is 1.00 bits per heavy atom. The maximum absolute atomic E-state index is 12.4. The third-order valence-electron chi connectivity index (χ3n) is 7.91. The van der Waals surface area contributed by atoms with Crippen molar-refractivity contribution in [1.82, 2.24) is 34.1 Å². The standard InChI is InChI=1S/C30H32N8O3/c1-19-11-21(5-6-24(19)40-22-7-9-37-25(12-22)31-17-33-37)35-27-26-23(8-10-38(26)34-18-32-27)20-13-30(14-20)15-36(16-30)28(39)41-29(2,3)4/h5-12,17-18,20H,13-16H2,1-4H3,(H,32,34,35). The predicted octanol–water partition coefficient (Wildman–Crippen LogP) is 5.73. The minimum atomic E-state index is -0.476. The lowest BCUT2D eigenvalue weighted by molar-refractivity contribution is -0.0784. The van der Waals surface area contributed by atoms with E-state index in [1.165, 1.54) is 11.9 Å². The maximum Gasteiger partial charge on any atom is 0.410 e. The highest BCUT2D eigenvalue weighted by Gasteiger charge is 2.55. The van der Waals surface area contributed by atoms with E-state index in [-0.39, 0.29) is 11.5 Å². The number of ether oxygens (including phenoxy) is 2. The number of pyridine rings is 1. The Morgan fingerprint density at radius 2 is 1.76 bits per heavy atom. The highest BCUT2D eigenvalue weighted by molar-refractivity contribution is 5.78. The first-order chi connectivity index (χ1) is 19.6. The van der Waals surface area contributed by atoms with Gasteiger partial charge in [-0.1, -0.05) is 0 Å². The first-order valence-corrected chi connectivity index (χ1v) is 13.8. The van der Waals surface area contributed by atoms with E-state index in [0.717, 1.165) is 59.9 Å². The summed E-state index contributed by atoms with van der Waals surface area (Å²) < 4.78 is 15.2. The van der Waals surface area contributed by atoms with E-state index in [9.17, 15) is 4.79 Å². The zero-order chi connectivity index (χ0) is 28.4. The van der Waals surface area contributed by atoms with Crippen LogP contribution in [0.1, 0.15) is 50.7 Å². The quantitative estimate of drug-likeness (QED) is 0.294. The summed E-state index contributed by atoms with van der Waals surface area (Å²) in [5.41, 5.74) is 4.54. The second-order valence-corrected chi connectivity index (χ2v) is 12.2. The molecule has 1 aromatic carbocycles. The number of carbonyl (C=O) groups is 1. The maximum atomic E-state index is 12.4. The third kappa shape index (κ3) is 4.71. The zero-order valence-electron chi connectivity index (χ0n) is 23.5. The summed E-state index contributed by atoms with van der Waals surface area (Å²) in [6, 6.07) is 11.8. The summed E-state index contributed by atoms with van der Waals surface area (Å²) in [5.74, 6) is 2.61. The number of likely N-dealkylation sites (tertiary alicyclic amines) is 1. The van der Waals surface area contributed by atoms with Gasteiger partial charge in [-0.3, -0.25) is 0 Å². The molecule has 1 saturated heterocycles. The number of nitrogens with zero attached hydrogens (tertiary/aromatic N) is 7. The molecule has 0 bridgehead atoms. The summed E-state index contributed by atoms with van der Waals surface area (Å²) in [6.07, 6.45) is 8.75. The molecule has 4 aromatic heterocycles. The number of nitrogens with one attached hydrogen (secondary N) is 1. The van der Waals surface area contributed by atoms with Gasteiger partial charge in [-0.25, -0.2) is 23.8 Å². The largest absolute Gasteiger partial charge is 0.457 e. The summed E-state index contributed by atoms with van der Waals surface area (Å²) in [7, 11) is 0. The molecule has 11 heteroatoms. The van der Waals surface area contributed by atoms with Gasteiger partial charge in [0.05, 0.1) is 0 Å². The van der Waals surface area contributed by atoms with Crippen molar-refractivity contribution in [3.05, 3.63) is 72.6 Å². The van der Waals surface area contributed by atoms with Crippen LogP contribution in [-0.2, 0) is 4.74 Å². The van der Waals surface area contributed by atoms with E-state index in [4.69, 9.17) is 9.47 Å². The number of rotatable bonds is 5. The van der Waals surface area contributed by atoms with Gasteiger partial charge in [0, 0.05) is 42.7 Å². The van der Waals surface area contributed by atoms with Crippen molar-refractivity contribution in [1.29, 1.82) is 0 Å². The fourth-order valence-corrected chi connectivity index (χ4v) is 6.05. The predicted molar refractivity (Wildman–Crippen MR) is 153 cm³/mol. The van der Waals surface area contributed by atoms with Crippen LogP contribution < -0.4 is 10.1 Å². The Kier molecular flexibility index (Phi) is 5.67. The fraction of sp³-hybridized carbons (Fsp3) is 0.367. The topological polar surface area (TPSA) is 111 Å². The van der Waals surface area contributed by atoms with Gasteiger partial charge in [-0.05, 0) is 87.9 Å². The van der Waals surface area contributed by atoms with Crippen molar-refractivity contribution in [2.24, 2.45) is 5.41 Å². The van der Waals surface area contributed by atoms with Crippen molar-refractivity contribution >= 4 is 28.8 Å². The lowest BCUT2D eigenvalue weighted by Crippen LogP contribution is -2.63. The molecule has 1 amide bonds. The third-order valence-corrected chi connectivity index (χ3v) is 7.91. The number of hydrogen-bond acceptors (Lipinski definition) is 8.